The summed E-state index contributed by atoms with van der Waals surface area (Å²) in [4.78, 5) is 13.2. The lowest BCUT2D eigenvalue weighted by Gasteiger charge is -1.97. The van der Waals surface area contributed by atoms with Crippen LogP contribution in [0.4, 0.5) is 0 Å². The Kier molecular flexibility index (Phi) is 3.36. The number of thiophene rings is 1. The summed E-state index contributed by atoms with van der Waals surface area (Å²) in [5, 5.41) is 6.92. The zero-order chi connectivity index (χ0) is 12.5. The zero-order valence-corrected chi connectivity index (χ0v) is 11.2. The summed E-state index contributed by atoms with van der Waals surface area (Å²) in [6.07, 6.45) is 0. The quantitative estimate of drug-likeness (QED) is 0.798. The van der Waals surface area contributed by atoms with Crippen molar-refractivity contribution in [2.45, 2.75) is 11.3 Å². The first-order chi connectivity index (χ1) is 7.99. The molecule has 90 valence electrons. The average Bonchev–Trinajstić information content (AvgIpc) is 2.86. The third kappa shape index (κ3) is 2.76. The molecule has 0 N–H and O–H groups in total. The number of aryl methyl sites for hydroxylation is 1. The second kappa shape index (κ2) is 4.63. The van der Waals surface area contributed by atoms with E-state index in [1.807, 2.05) is 6.92 Å². The van der Waals surface area contributed by atoms with Gasteiger partial charge in [0.1, 0.15) is 11.3 Å². The minimum absolute atomic E-state index is 0.112. The Morgan fingerprint density at radius 1 is 1.41 bits per heavy atom. The second-order valence-electron chi connectivity index (χ2n) is 3.30. The standard InChI is InChI=1S/C9H8N2O3S3/c1-6-2-3-8(16-6)7(12)4-17(13,14)9-11-10-5-15-9/h2-3,5H,4H2,1H3. The lowest BCUT2D eigenvalue weighted by Crippen LogP contribution is -2.15. The first-order valence-corrected chi connectivity index (χ1v) is 7.92. The predicted molar refractivity (Wildman–Crippen MR) is 65.3 cm³/mol. The fourth-order valence-electron chi connectivity index (χ4n) is 1.19. The van der Waals surface area contributed by atoms with E-state index in [0.29, 0.717) is 4.88 Å². The molecule has 0 aromatic carbocycles. The molecule has 0 saturated heterocycles. The van der Waals surface area contributed by atoms with Crippen molar-refractivity contribution >= 4 is 38.3 Å². The van der Waals surface area contributed by atoms with Gasteiger partial charge in [-0.25, -0.2) is 8.42 Å². The predicted octanol–water partition coefficient (Wildman–Crippen LogP) is 1.56. The van der Waals surface area contributed by atoms with E-state index >= 15 is 0 Å². The van der Waals surface area contributed by atoms with Crippen LogP contribution in [0.15, 0.2) is 22.0 Å². The van der Waals surface area contributed by atoms with E-state index in [1.54, 1.807) is 12.1 Å². The van der Waals surface area contributed by atoms with Gasteiger partial charge >= 0.3 is 0 Å². The third-order valence-electron chi connectivity index (χ3n) is 1.94. The van der Waals surface area contributed by atoms with Gasteiger partial charge in [-0.15, -0.1) is 21.5 Å². The van der Waals surface area contributed by atoms with E-state index < -0.39 is 21.4 Å². The molecule has 0 fully saturated rings. The highest BCUT2D eigenvalue weighted by molar-refractivity contribution is 7.94. The summed E-state index contributed by atoms with van der Waals surface area (Å²) in [6, 6.07) is 3.42. The Labute approximate surface area is 106 Å². The second-order valence-corrected chi connectivity index (χ2v) is 7.58. The highest BCUT2D eigenvalue weighted by Gasteiger charge is 2.23. The molecule has 0 saturated carbocycles. The molecular weight excluding hydrogens is 280 g/mol. The fraction of sp³-hybridized carbons (Fsp3) is 0.222. The lowest BCUT2D eigenvalue weighted by molar-refractivity contribution is 0.102. The van der Waals surface area contributed by atoms with Crippen LogP contribution in [0.1, 0.15) is 14.5 Å². The lowest BCUT2D eigenvalue weighted by atomic mass is 10.3. The molecule has 0 aliphatic carbocycles. The summed E-state index contributed by atoms with van der Waals surface area (Å²) < 4.78 is 23.4. The molecule has 0 amide bonds. The van der Waals surface area contributed by atoms with Crippen LogP contribution >= 0.6 is 22.7 Å². The largest absolute Gasteiger partial charge is 0.292 e. The number of hydrogen-bond acceptors (Lipinski definition) is 7. The minimum atomic E-state index is -3.65. The van der Waals surface area contributed by atoms with E-state index in [1.165, 1.54) is 16.8 Å². The van der Waals surface area contributed by atoms with Crippen LogP contribution in [0.5, 0.6) is 0 Å². The van der Waals surface area contributed by atoms with Gasteiger partial charge in [0.15, 0.2) is 5.78 Å². The van der Waals surface area contributed by atoms with Crippen molar-refractivity contribution < 1.29 is 13.2 Å². The first kappa shape index (κ1) is 12.3. The molecular formula is C9H8N2O3S3. The molecule has 0 radical (unpaired) electrons. The molecule has 17 heavy (non-hydrogen) atoms. The molecule has 2 rings (SSSR count). The topological polar surface area (TPSA) is 77.0 Å². The van der Waals surface area contributed by atoms with Crippen LogP contribution in [0.3, 0.4) is 0 Å². The highest BCUT2D eigenvalue weighted by Crippen LogP contribution is 2.19. The molecule has 0 bridgehead atoms. The van der Waals surface area contributed by atoms with Gasteiger partial charge in [0, 0.05) is 4.88 Å². The van der Waals surface area contributed by atoms with Crippen molar-refractivity contribution in [1.82, 2.24) is 10.2 Å². The van der Waals surface area contributed by atoms with Crippen molar-refractivity contribution in [3.63, 3.8) is 0 Å². The Morgan fingerprint density at radius 2 is 2.18 bits per heavy atom. The summed E-state index contributed by atoms with van der Waals surface area (Å²) in [5.41, 5.74) is 1.33. The van der Waals surface area contributed by atoms with Crippen molar-refractivity contribution in [2.24, 2.45) is 0 Å². The molecule has 5 nitrogen and oxygen atoms in total. The van der Waals surface area contributed by atoms with Gasteiger partial charge in [-0.2, -0.15) is 0 Å². The number of aromatic nitrogens is 2. The van der Waals surface area contributed by atoms with Gasteiger partial charge < -0.3 is 0 Å². The zero-order valence-electron chi connectivity index (χ0n) is 8.78. The van der Waals surface area contributed by atoms with Crippen molar-refractivity contribution in [2.75, 3.05) is 5.75 Å². The van der Waals surface area contributed by atoms with E-state index in [2.05, 4.69) is 10.2 Å². The van der Waals surface area contributed by atoms with Crippen LogP contribution in [0, 0.1) is 6.92 Å². The normalized spacial score (nSPS) is 11.6. The number of sulfone groups is 1. The Balaban J connectivity index is 2.20. The molecule has 2 aromatic rings. The number of hydrogen-bond donors (Lipinski definition) is 0. The van der Waals surface area contributed by atoms with E-state index in [0.717, 1.165) is 16.2 Å². The number of Topliss-reactive ketones (excluding diaryl/α,β-unsaturated/α-hetero) is 1. The van der Waals surface area contributed by atoms with Crippen LogP contribution < -0.4 is 0 Å². The van der Waals surface area contributed by atoms with Crippen LogP contribution in [-0.4, -0.2) is 30.2 Å². The average molecular weight is 288 g/mol. The highest BCUT2D eigenvalue weighted by atomic mass is 32.2. The Hall–Kier alpha value is -1.12. The number of carbonyl (C=O) groups excluding carboxylic acids is 1. The van der Waals surface area contributed by atoms with Gasteiger partial charge in [-0.3, -0.25) is 4.79 Å². The maximum Gasteiger partial charge on any atom is 0.232 e. The van der Waals surface area contributed by atoms with E-state index in [9.17, 15) is 13.2 Å². The smallest absolute Gasteiger partial charge is 0.232 e. The number of nitrogens with zero attached hydrogens (tertiary/aromatic N) is 2. The first-order valence-electron chi connectivity index (χ1n) is 4.57. The maximum absolute atomic E-state index is 11.8. The van der Waals surface area contributed by atoms with Gasteiger partial charge in [0.25, 0.3) is 0 Å². The maximum atomic E-state index is 11.8. The Morgan fingerprint density at radius 3 is 2.71 bits per heavy atom. The summed E-state index contributed by atoms with van der Waals surface area (Å²) in [7, 11) is -3.65. The minimum Gasteiger partial charge on any atom is -0.292 e. The Bertz CT molecular complexity index is 628. The SMILES string of the molecule is Cc1ccc(C(=O)CS(=O)(=O)c2nncs2)s1. The summed E-state index contributed by atoms with van der Waals surface area (Å²) in [6.45, 7) is 1.86. The molecule has 0 atom stereocenters. The van der Waals surface area contributed by atoms with E-state index in [4.69, 9.17) is 0 Å². The van der Waals surface area contributed by atoms with Gasteiger partial charge in [0.05, 0.1) is 4.88 Å². The molecule has 0 unspecified atom stereocenters. The van der Waals surface area contributed by atoms with Crippen molar-refractivity contribution in [3.8, 4) is 0 Å². The molecule has 2 aromatic heterocycles. The van der Waals surface area contributed by atoms with Crippen LogP contribution in [0.25, 0.3) is 0 Å². The van der Waals surface area contributed by atoms with Crippen LogP contribution in [0.2, 0.25) is 0 Å². The molecule has 2 heterocycles. The number of ketones is 1. The van der Waals surface area contributed by atoms with Crippen LogP contribution in [-0.2, 0) is 9.84 Å². The summed E-state index contributed by atoms with van der Waals surface area (Å²) in [5.74, 6) is -0.958. The summed E-state index contributed by atoms with van der Waals surface area (Å²) >= 11 is 2.20. The molecule has 0 spiro atoms. The number of rotatable bonds is 4. The van der Waals surface area contributed by atoms with Gasteiger partial charge in [0.2, 0.25) is 14.2 Å². The molecule has 0 aliphatic heterocycles. The fourth-order valence-corrected chi connectivity index (χ4v) is 4.05. The monoisotopic (exact) mass is 288 g/mol. The molecule has 8 heteroatoms. The number of carbonyl (C=O) groups is 1. The third-order valence-corrected chi connectivity index (χ3v) is 5.77. The van der Waals surface area contributed by atoms with Crippen molar-refractivity contribution in [1.29, 1.82) is 0 Å². The molecule has 0 aliphatic rings. The van der Waals surface area contributed by atoms with Crippen molar-refractivity contribution in [3.05, 3.63) is 27.4 Å². The van der Waals surface area contributed by atoms with E-state index in [-0.39, 0.29) is 4.34 Å². The van der Waals surface area contributed by atoms with Gasteiger partial charge in [-0.05, 0) is 19.1 Å². The van der Waals surface area contributed by atoms with Gasteiger partial charge in [-0.1, -0.05) is 11.3 Å².